The molecule has 32 heavy (non-hydrogen) atoms. The molecule has 1 aliphatic rings. The number of nitrogens with one attached hydrogen (secondary N) is 1. The number of rotatable bonds is 4. The van der Waals surface area contributed by atoms with Crippen LogP contribution in [0, 0.1) is 6.92 Å². The summed E-state index contributed by atoms with van der Waals surface area (Å²) in [6.45, 7) is 11.2. The van der Waals surface area contributed by atoms with E-state index in [2.05, 4.69) is 80.3 Å². The highest BCUT2D eigenvalue weighted by Crippen LogP contribution is 2.37. The normalized spacial score (nSPS) is 18.0. The monoisotopic (exact) mass is 451 g/mol. The summed E-state index contributed by atoms with van der Waals surface area (Å²) in [4.78, 5) is 14.3. The largest absolute Gasteiger partial charge is 0.347 e. The summed E-state index contributed by atoms with van der Waals surface area (Å²) in [7, 11) is 3.90. The van der Waals surface area contributed by atoms with E-state index in [-0.39, 0.29) is 16.6 Å². The first-order chi connectivity index (χ1) is 14.9. The van der Waals surface area contributed by atoms with E-state index in [1.54, 1.807) is 35.2 Å². The zero-order chi connectivity index (χ0) is 23.3. The number of hydrogen-bond acceptors (Lipinski definition) is 6. The van der Waals surface area contributed by atoms with Gasteiger partial charge >= 0.3 is 0 Å². The van der Waals surface area contributed by atoms with Crippen molar-refractivity contribution < 1.29 is 0 Å². The van der Waals surface area contributed by atoms with Crippen LogP contribution in [-0.2, 0) is 7.05 Å². The lowest BCUT2D eigenvalue weighted by Crippen LogP contribution is -2.61. The Morgan fingerprint density at radius 1 is 1.06 bits per heavy atom. The standard InChI is InChI=1S/C25H33N5OS/c1-16-12-17(18-10-11-29(6)21(31)13-18)8-9-20(16)22-26-27-23(32-22)30(7)19-14-24(2,3)28-25(4,5)15-19/h8-13,19,28H,14-15H2,1-7H3. The van der Waals surface area contributed by atoms with Crippen LogP contribution in [0.2, 0.25) is 0 Å². The van der Waals surface area contributed by atoms with Crippen molar-refractivity contribution in [2.45, 2.75) is 64.6 Å². The molecule has 3 heterocycles. The van der Waals surface area contributed by atoms with Crippen molar-refractivity contribution in [2.75, 3.05) is 11.9 Å². The fourth-order valence-electron chi connectivity index (χ4n) is 4.98. The summed E-state index contributed by atoms with van der Waals surface area (Å²) in [5.74, 6) is 0. The number of aromatic nitrogens is 3. The van der Waals surface area contributed by atoms with Gasteiger partial charge in [-0.3, -0.25) is 4.79 Å². The Bertz CT molecular complexity index is 1180. The Kier molecular flexibility index (Phi) is 5.75. The predicted octanol–water partition coefficient (Wildman–Crippen LogP) is 4.62. The predicted molar refractivity (Wildman–Crippen MR) is 133 cm³/mol. The molecule has 0 atom stereocenters. The van der Waals surface area contributed by atoms with Crippen molar-refractivity contribution in [3.05, 3.63) is 52.4 Å². The molecule has 1 saturated heterocycles. The average molecular weight is 452 g/mol. The topological polar surface area (TPSA) is 63.1 Å². The van der Waals surface area contributed by atoms with E-state index in [1.807, 2.05) is 6.07 Å². The highest BCUT2D eigenvalue weighted by molar-refractivity contribution is 7.18. The maximum Gasteiger partial charge on any atom is 0.250 e. The highest BCUT2D eigenvalue weighted by atomic mass is 32.1. The van der Waals surface area contributed by atoms with E-state index in [0.29, 0.717) is 6.04 Å². The van der Waals surface area contributed by atoms with Crippen molar-refractivity contribution in [3.63, 3.8) is 0 Å². The zero-order valence-electron chi connectivity index (χ0n) is 20.1. The molecule has 0 bridgehead atoms. The summed E-state index contributed by atoms with van der Waals surface area (Å²) in [5, 5.41) is 14.7. The van der Waals surface area contributed by atoms with Gasteiger partial charge in [0.2, 0.25) is 5.13 Å². The first kappa shape index (κ1) is 22.7. The minimum Gasteiger partial charge on any atom is -0.347 e. The molecule has 0 unspecified atom stereocenters. The van der Waals surface area contributed by atoms with Crippen LogP contribution >= 0.6 is 11.3 Å². The van der Waals surface area contributed by atoms with E-state index in [1.165, 1.54) is 0 Å². The van der Waals surface area contributed by atoms with Crippen LogP contribution in [0.1, 0.15) is 46.1 Å². The third-order valence-corrected chi connectivity index (χ3v) is 7.37. The fourth-order valence-corrected chi connectivity index (χ4v) is 5.94. The van der Waals surface area contributed by atoms with Gasteiger partial charge in [-0.1, -0.05) is 29.5 Å². The average Bonchev–Trinajstić information content (AvgIpc) is 3.17. The second-order valence-corrected chi connectivity index (χ2v) is 11.3. The molecule has 170 valence electrons. The molecule has 4 rings (SSSR count). The molecule has 0 spiro atoms. The molecule has 1 fully saturated rings. The highest BCUT2D eigenvalue weighted by Gasteiger charge is 2.39. The number of pyridine rings is 1. The van der Waals surface area contributed by atoms with Crippen LogP contribution in [0.15, 0.2) is 41.3 Å². The molecule has 0 saturated carbocycles. The zero-order valence-corrected chi connectivity index (χ0v) is 20.9. The van der Waals surface area contributed by atoms with Crippen LogP contribution in [0.3, 0.4) is 0 Å². The molecule has 7 heteroatoms. The molecular weight excluding hydrogens is 418 g/mol. The molecule has 3 aromatic rings. The van der Waals surface area contributed by atoms with Gasteiger partial charge in [-0.25, -0.2) is 0 Å². The molecule has 6 nitrogen and oxygen atoms in total. The first-order valence-corrected chi connectivity index (χ1v) is 11.9. The van der Waals surface area contributed by atoms with Crippen LogP contribution < -0.4 is 15.8 Å². The van der Waals surface area contributed by atoms with Crippen molar-refractivity contribution in [1.29, 1.82) is 0 Å². The second-order valence-electron chi connectivity index (χ2n) is 10.3. The van der Waals surface area contributed by atoms with E-state index in [9.17, 15) is 4.79 Å². The summed E-state index contributed by atoms with van der Waals surface area (Å²) in [5.41, 5.74) is 4.32. The first-order valence-electron chi connectivity index (χ1n) is 11.1. The van der Waals surface area contributed by atoms with Gasteiger partial charge in [0.15, 0.2) is 0 Å². The Balaban J connectivity index is 1.58. The lowest BCUT2D eigenvalue weighted by molar-refractivity contribution is 0.161. The lowest BCUT2D eigenvalue weighted by Gasteiger charge is -2.48. The summed E-state index contributed by atoms with van der Waals surface area (Å²) in [6.07, 6.45) is 3.93. The number of piperidine rings is 1. The van der Waals surface area contributed by atoms with Gasteiger partial charge in [-0.15, -0.1) is 10.2 Å². The Morgan fingerprint density at radius 3 is 2.34 bits per heavy atom. The number of nitrogens with zero attached hydrogens (tertiary/aromatic N) is 4. The summed E-state index contributed by atoms with van der Waals surface area (Å²) >= 11 is 1.64. The quantitative estimate of drug-likeness (QED) is 0.627. The third-order valence-electron chi connectivity index (χ3n) is 6.33. The van der Waals surface area contributed by atoms with Crippen molar-refractivity contribution >= 4 is 16.5 Å². The van der Waals surface area contributed by atoms with Crippen LogP contribution in [-0.4, -0.2) is 38.9 Å². The summed E-state index contributed by atoms with van der Waals surface area (Å²) in [6, 6.07) is 10.3. The molecule has 2 aromatic heterocycles. The maximum atomic E-state index is 12.0. The molecule has 0 aliphatic carbocycles. The van der Waals surface area contributed by atoms with Crippen molar-refractivity contribution in [1.82, 2.24) is 20.1 Å². The van der Waals surface area contributed by atoms with Crippen LogP contribution in [0.25, 0.3) is 21.7 Å². The van der Waals surface area contributed by atoms with E-state index < -0.39 is 0 Å². The van der Waals surface area contributed by atoms with Crippen LogP contribution in [0.5, 0.6) is 0 Å². The number of hydrogen-bond donors (Lipinski definition) is 1. The van der Waals surface area contributed by atoms with Gasteiger partial charge in [-0.05, 0) is 70.2 Å². The Hall–Kier alpha value is -2.51. The molecular formula is C25H33N5OS. The maximum absolute atomic E-state index is 12.0. The number of benzene rings is 1. The fraction of sp³-hybridized carbons (Fsp3) is 0.480. The molecule has 0 amide bonds. The lowest BCUT2D eigenvalue weighted by atomic mass is 9.79. The Morgan fingerprint density at radius 2 is 1.72 bits per heavy atom. The Labute approximate surface area is 194 Å². The van der Waals surface area contributed by atoms with E-state index in [4.69, 9.17) is 0 Å². The molecule has 1 aliphatic heterocycles. The van der Waals surface area contributed by atoms with Gasteiger partial charge in [0.05, 0.1) is 0 Å². The van der Waals surface area contributed by atoms with Gasteiger partial charge in [0, 0.05) is 49.0 Å². The molecule has 1 N–H and O–H groups in total. The van der Waals surface area contributed by atoms with E-state index in [0.717, 1.165) is 45.2 Å². The number of anilines is 1. The minimum atomic E-state index is -0.00898. The smallest absolute Gasteiger partial charge is 0.250 e. The van der Waals surface area contributed by atoms with Gasteiger partial charge in [0.1, 0.15) is 5.01 Å². The third kappa shape index (κ3) is 4.64. The van der Waals surface area contributed by atoms with Gasteiger partial charge < -0.3 is 14.8 Å². The van der Waals surface area contributed by atoms with Gasteiger partial charge in [-0.2, -0.15) is 0 Å². The van der Waals surface area contributed by atoms with Crippen LogP contribution in [0.4, 0.5) is 5.13 Å². The molecule has 1 aromatic carbocycles. The minimum absolute atomic E-state index is 0.00898. The van der Waals surface area contributed by atoms with E-state index >= 15 is 0 Å². The van der Waals surface area contributed by atoms with Crippen molar-refractivity contribution in [2.24, 2.45) is 7.05 Å². The SMILES string of the molecule is Cc1cc(-c2ccn(C)c(=O)c2)ccc1-c1nnc(N(C)C2CC(C)(C)NC(C)(C)C2)s1. The second kappa shape index (κ2) is 8.12. The molecule has 0 radical (unpaired) electrons. The van der Waals surface area contributed by atoms with Crippen molar-refractivity contribution in [3.8, 4) is 21.7 Å². The number of aryl methyl sites for hydroxylation is 2. The van der Waals surface area contributed by atoms with Gasteiger partial charge in [0.25, 0.3) is 5.56 Å². The summed E-state index contributed by atoms with van der Waals surface area (Å²) < 4.78 is 1.58.